The first-order valence-corrected chi connectivity index (χ1v) is 6.99. The van der Waals surface area contributed by atoms with Gasteiger partial charge >= 0.3 is 0 Å². The summed E-state index contributed by atoms with van der Waals surface area (Å²) in [4.78, 5) is 0. The fourth-order valence-corrected chi connectivity index (χ4v) is 2.71. The van der Waals surface area contributed by atoms with E-state index in [9.17, 15) is 0 Å². The van der Waals surface area contributed by atoms with Crippen LogP contribution in [0.2, 0.25) is 5.02 Å². The highest BCUT2D eigenvalue weighted by atomic mass is 79.9. The summed E-state index contributed by atoms with van der Waals surface area (Å²) in [6, 6.07) is 15.4. The molecule has 0 bridgehead atoms. The number of rotatable bonds is 3. The molecule has 0 aliphatic heterocycles. The number of nitriles is 1. The Labute approximate surface area is 126 Å². The molecule has 0 aliphatic rings. The van der Waals surface area contributed by atoms with Gasteiger partial charge in [0.25, 0.3) is 0 Å². The molecule has 0 amide bonds. The number of halogens is 2. The molecule has 1 N–H and O–H groups in total. The summed E-state index contributed by atoms with van der Waals surface area (Å²) < 4.78 is 0.950. The molecular weight excluding hydrogens is 324 g/mol. The highest BCUT2D eigenvalue weighted by Gasteiger charge is 2.11. The van der Waals surface area contributed by atoms with E-state index in [1.807, 2.05) is 43.3 Å². The minimum Gasteiger partial charge on any atom is -0.377 e. The molecule has 2 rings (SSSR count). The molecule has 0 aliphatic carbocycles. The predicted octanol–water partition coefficient (Wildman–Crippen LogP) is 5.15. The minimum atomic E-state index is 0.0232. The number of para-hydroxylation sites is 1. The van der Waals surface area contributed by atoms with Crippen molar-refractivity contribution in [3.8, 4) is 6.07 Å². The van der Waals surface area contributed by atoms with E-state index < -0.39 is 0 Å². The molecular formula is C15H12BrClN2. The third-order valence-electron chi connectivity index (χ3n) is 2.85. The van der Waals surface area contributed by atoms with Crippen molar-refractivity contribution in [2.75, 3.05) is 5.32 Å². The largest absolute Gasteiger partial charge is 0.377 e. The van der Waals surface area contributed by atoms with Gasteiger partial charge < -0.3 is 5.32 Å². The van der Waals surface area contributed by atoms with E-state index in [1.54, 1.807) is 6.07 Å². The van der Waals surface area contributed by atoms with Crippen molar-refractivity contribution < 1.29 is 0 Å². The van der Waals surface area contributed by atoms with E-state index in [1.165, 1.54) is 0 Å². The van der Waals surface area contributed by atoms with Gasteiger partial charge in [0.05, 0.1) is 17.3 Å². The molecule has 0 aromatic heterocycles. The fraction of sp³-hybridized carbons (Fsp3) is 0.133. The molecule has 4 heteroatoms. The van der Waals surface area contributed by atoms with Crippen LogP contribution in [0.15, 0.2) is 46.9 Å². The molecule has 1 unspecified atom stereocenters. The second-order valence-electron chi connectivity index (χ2n) is 4.19. The van der Waals surface area contributed by atoms with Crippen molar-refractivity contribution in [2.45, 2.75) is 13.0 Å². The average molecular weight is 336 g/mol. The molecule has 0 spiro atoms. The number of nitrogens with zero attached hydrogens (tertiary/aromatic N) is 1. The molecule has 0 radical (unpaired) electrons. The van der Waals surface area contributed by atoms with Crippen LogP contribution < -0.4 is 5.32 Å². The summed E-state index contributed by atoms with van der Waals surface area (Å²) in [6.07, 6.45) is 0. The zero-order valence-corrected chi connectivity index (χ0v) is 12.7. The molecule has 0 saturated carbocycles. The number of anilines is 1. The summed E-state index contributed by atoms with van der Waals surface area (Å²) in [5.41, 5.74) is 2.44. The molecule has 19 heavy (non-hydrogen) atoms. The van der Waals surface area contributed by atoms with Gasteiger partial charge in [-0.2, -0.15) is 5.26 Å². The van der Waals surface area contributed by atoms with Gasteiger partial charge in [-0.3, -0.25) is 0 Å². The third kappa shape index (κ3) is 3.28. The van der Waals surface area contributed by atoms with Crippen molar-refractivity contribution >= 4 is 33.2 Å². The Balaban J connectivity index is 2.26. The van der Waals surface area contributed by atoms with Gasteiger partial charge in [0.15, 0.2) is 0 Å². The predicted molar refractivity (Wildman–Crippen MR) is 82.3 cm³/mol. The Bertz CT molecular complexity index is 634. The van der Waals surface area contributed by atoms with Crippen LogP contribution >= 0.6 is 27.5 Å². The lowest BCUT2D eigenvalue weighted by atomic mass is 10.1. The van der Waals surface area contributed by atoms with E-state index in [4.69, 9.17) is 16.9 Å². The standard InChI is InChI=1S/C15H12BrClN2/c1-10(13-7-6-12(16)8-14(13)17)19-15-5-3-2-4-11(15)9-18/h2-8,10,19H,1H3. The first kappa shape index (κ1) is 13.9. The van der Waals surface area contributed by atoms with Crippen LogP contribution in [0.1, 0.15) is 24.1 Å². The third-order valence-corrected chi connectivity index (χ3v) is 3.67. The molecule has 0 saturated heterocycles. The maximum Gasteiger partial charge on any atom is 0.101 e. The Kier molecular flexibility index (Phi) is 4.47. The smallest absolute Gasteiger partial charge is 0.101 e. The Morgan fingerprint density at radius 1 is 1.26 bits per heavy atom. The molecule has 0 heterocycles. The molecule has 2 aromatic rings. The van der Waals surface area contributed by atoms with Crippen LogP contribution in [0.4, 0.5) is 5.69 Å². The number of nitrogens with one attached hydrogen (secondary N) is 1. The van der Waals surface area contributed by atoms with Crippen LogP contribution in [0, 0.1) is 11.3 Å². The zero-order valence-electron chi connectivity index (χ0n) is 10.3. The van der Waals surface area contributed by atoms with Crippen LogP contribution in [-0.2, 0) is 0 Å². The summed E-state index contributed by atoms with van der Waals surface area (Å²) in [5, 5.41) is 13.1. The highest BCUT2D eigenvalue weighted by Crippen LogP contribution is 2.29. The second kappa shape index (κ2) is 6.10. The van der Waals surface area contributed by atoms with Crippen molar-refractivity contribution in [1.29, 1.82) is 5.26 Å². The van der Waals surface area contributed by atoms with Crippen LogP contribution in [0.3, 0.4) is 0 Å². The summed E-state index contributed by atoms with van der Waals surface area (Å²) in [7, 11) is 0. The molecule has 96 valence electrons. The normalized spacial score (nSPS) is 11.7. The number of hydrogen-bond donors (Lipinski definition) is 1. The molecule has 1 atom stereocenters. The van der Waals surface area contributed by atoms with Gasteiger partial charge in [0.1, 0.15) is 6.07 Å². The molecule has 2 nitrogen and oxygen atoms in total. The maximum atomic E-state index is 9.07. The van der Waals surface area contributed by atoms with Crippen molar-refractivity contribution in [3.05, 3.63) is 63.1 Å². The lowest BCUT2D eigenvalue weighted by Gasteiger charge is -2.18. The minimum absolute atomic E-state index is 0.0232. The first-order chi connectivity index (χ1) is 9.11. The SMILES string of the molecule is CC(Nc1ccccc1C#N)c1ccc(Br)cc1Cl. The summed E-state index contributed by atoms with van der Waals surface area (Å²) >= 11 is 9.62. The fourth-order valence-electron chi connectivity index (χ4n) is 1.87. The van der Waals surface area contributed by atoms with Gasteiger partial charge in [-0.25, -0.2) is 0 Å². The highest BCUT2D eigenvalue weighted by molar-refractivity contribution is 9.10. The molecule has 2 aromatic carbocycles. The van der Waals surface area contributed by atoms with E-state index in [0.717, 1.165) is 15.7 Å². The van der Waals surface area contributed by atoms with Crippen LogP contribution in [0.25, 0.3) is 0 Å². The van der Waals surface area contributed by atoms with Gasteiger partial charge in [-0.1, -0.05) is 45.7 Å². The van der Waals surface area contributed by atoms with Gasteiger partial charge in [-0.15, -0.1) is 0 Å². The van der Waals surface area contributed by atoms with E-state index in [2.05, 4.69) is 27.3 Å². The topological polar surface area (TPSA) is 35.8 Å². The average Bonchev–Trinajstić information content (AvgIpc) is 2.39. The van der Waals surface area contributed by atoms with Crippen molar-refractivity contribution in [3.63, 3.8) is 0 Å². The summed E-state index contributed by atoms with van der Waals surface area (Å²) in [5.74, 6) is 0. The number of benzene rings is 2. The quantitative estimate of drug-likeness (QED) is 0.842. The van der Waals surface area contributed by atoms with Gasteiger partial charge in [0.2, 0.25) is 0 Å². The number of hydrogen-bond acceptors (Lipinski definition) is 2. The lowest BCUT2D eigenvalue weighted by Crippen LogP contribution is -2.08. The van der Waals surface area contributed by atoms with E-state index in [0.29, 0.717) is 10.6 Å². The Morgan fingerprint density at radius 3 is 2.68 bits per heavy atom. The van der Waals surface area contributed by atoms with Crippen molar-refractivity contribution in [1.82, 2.24) is 0 Å². The van der Waals surface area contributed by atoms with Crippen LogP contribution in [0.5, 0.6) is 0 Å². The van der Waals surface area contributed by atoms with Crippen LogP contribution in [-0.4, -0.2) is 0 Å². The van der Waals surface area contributed by atoms with E-state index in [-0.39, 0.29) is 6.04 Å². The van der Waals surface area contributed by atoms with E-state index >= 15 is 0 Å². The Morgan fingerprint density at radius 2 is 2.00 bits per heavy atom. The zero-order chi connectivity index (χ0) is 13.8. The maximum absolute atomic E-state index is 9.07. The second-order valence-corrected chi connectivity index (χ2v) is 5.51. The monoisotopic (exact) mass is 334 g/mol. The van der Waals surface area contributed by atoms with Gasteiger partial charge in [-0.05, 0) is 36.8 Å². The summed E-state index contributed by atoms with van der Waals surface area (Å²) in [6.45, 7) is 2.02. The molecule has 0 fully saturated rings. The van der Waals surface area contributed by atoms with Gasteiger partial charge in [0, 0.05) is 9.50 Å². The lowest BCUT2D eigenvalue weighted by molar-refractivity contribution is 0.884. The van der Waals surface area contributed by atoms with Crippen molar-refractivity contribution in [2.24, 2.45) is 0 Å². The Hall–Kier alpha value is -1.50. The first-order valence-electron chi connectivity index (χ1n) is 5.82.